The third-order valence-electron chi connectivity index (χ3n) is 3.01. The highest BCUT2D eigenvalue weighted by Crippen LogP contribution is 2.17. The number of quaternary nitrogens is 1. The Morgan fingerprint density at radius 3 is 2.29 bits per heavy atom. The Labute approximate surface area is 106 Å². The van der Waals surface area contributed by atoms with Crippen LogP contribution < -0.4 is 10.6 Å². The van der Waals surface area contributed by atoms with E-state index in [-0.39, 0.29) is 5.54 Å². The summed E-state index contributed by atoms with van der Waals surface area (Å²) in [6, 6.07) is 11.0. The van der Waals surface area contributed by atoms with E-state index in [0.717, 1.165) is 6.54 Å². The number of nitrogens with one attached hydrogen (secondary N) is 1. The first kappa shape index (κ1) is 14.2. The van der Waals surface area contributed by atoms with Crippen LogP contribution in [0.25, 0.3) is 0 Å². The number of rotatable bonds is 5. The van der Waals surface area contributed by atoms with Crippen LogP contribution in [-0.2, 0) is 0 Å². The second-order valence-corrected chi connectivity index (χ2v) is 5.78. The molecule has 0 radical (unpaired) electrons. The molecular weight excluding hydrogens is 208 g/mol. The smallest absolute Gasteiger partial charge is 0.0914 e. The summed E-state index contributed by atoms with van der Waals surface area (Å²) in [6.07, 6.45) is 0. The molecule has 0 saturated heterocycles. The molecule has 0 bridgehead atoms. The molecule has 1 aromatic carbocycles. The van der Waals surface area contributed by atoms with Gasteiger partial charge >= 0.3 is 0 Å². The van der Waals surface area contributed by atoms with Crippen molar-refractivity contribution < 1.29 is 5.32 Å². The number of nitrogens with two attached hydrogens (primary N) is 1. The zero-order valence-corrected chi connectivity index (χ0v) is 11.5. The molecule has 17 heavy (non-hydrogen) atoms. The summed E-state index contributed by atoms with van der Waals surface area (Å²) in [5, 5.41) is 5.62. The zero-order chi connectivity index (χ0) is 12.9. The lowest BCUT2D eigenvalue weighted by Gasteiger charge is -2.28. The Morgan fingerprint density at radius 1 is 1.24 bits per heavy atom. The Morgan fingerprint density at radius 2 is 1.82 bits per heavy atom. The fourth-order valence-corrected chi connectivity index (χ4v) is 1.97. The molecule has 0 amide bonds. The van der Waals surface area contributed by atoms with E-state index < -0.39 is 0 Å². The minimum atomic E-state index is 0.177. The minimum absolute atomic E-state index is 0.177. The average molecular weight is 234 g/mol. The highest BCUT2D eigenvalue weighted by atomic mass is 15.0. The highest BCUT2D eigenvalue weighted by molar-refractivity contribution is 5.17. The van der Waals surface area contributed by atoms with Crippen molar-refractivity contribution in [3.63, 3.8) is 0 Å². The Kier molecular flexibility index (Phi) is 5.16. The molecule has 0 heterocycles. The first-order valence-electron chi connectivity index (χ1n) is 6.36. The van der Waals surface area contributed by atoms with E-state index in [1.165, 1.54) is 5.56 Å². The molecule has 2 nitrogen and oxygen atoms in total. The average Bonchev–Trinajstić information content (AvgIpc) is 2.28. The van der Waals surface area contributed by atoms with Crippen LogP contribution in [0.5, 0.6) is 0 Å². The van der Waals surface area contributed by atoms with Crippen LogP contribution in [0.2, 0.25) is 0 Å². The summed E-state index contributed by atoms with van der Waals surface area (Å²) < 4.78 is 0. The molecule has 0 saturated carbocycles. The summed E-state index contributed by atoms with van der Waals surface area (Å²) >= 11 is 0. The lowest BCUT2D eigenvalue weighted by Crippen LogP contribution is -2.80. The Hall–Kier alpha value is -0.860. The molecule has 2 atom stereocenters. The SMILES string of the molecule is [CH2-][NH2+][C@@H](c1ccccc1)[C@@H](C)CNC(C)(C)C. The van der Waals surface area contributed by atoms with Crippen molar-refractivity contribution in [2.45, 2.75) is 39.3 Å². The topological polar surface area (TPSA) is 28.6 Å². The first-order valence-corrected chi connectivity index (χ1v) is 6.36. The number of benzene rings is 1. The number of hydrogen-bond acceptors (Lipinski definition) is 1. The lowest BCUT2D eigenvalue weighted by molar-refractivity contribution is -0.648. The van der Waals surface area contributed by atoms with Crippen molar-refractivity contribution in [2.24, 2.45) is 5.92 Å². The van der Waals surface area contributed by atoms with Crippen molar-refractivity contribution in [3.05, 3.63) is 42.9 Å². The van der Waals surface area contributed by atoms with Gasteiger partial charge in [-0.1, -0.05) is 37.3 Å². The molecule has 0 aliphatic carbocycles. The summed E-state index contributed by atoms with van der Waals surface area (Å²) in [7, 11) is 3.98. The molecule has 96 valence electrons. The molecule has 2 heteroatoms. The van der Waals surface area contributed by atoms with Gasteiger partial charge in [-0.05, 0) is 20.8 Å². The van der Waals surface area contributed by atoms with Gasteiger partial charge in [0.25, 0.3) is 0 Å². The van der Waals surface area contributed by atoms with Gasteiger partial charge in [-0.25, -0.2) is 0 Å². The van der Waals surface area contributed by atoms with E-state index >= 15 is 0 Å². The molecule has 0 aliphatic rings. The third kappa shape index (κ3) is 4.88. The fraction of sp³-hybridized carbons (Fsp3) is 0.533. The van der Waals surface area contributed by atoms with Crippen LogP contribution in [0, 0.1) is 13.0 Å². The molecular formula is C15H26N2. The standard InChI is InChI=1S/C15H26N2/c1-12(11-17-15(2,3)4)14(16-5)13-9-7-6-8-10-13/h6-10,12,14,17H,5,11,16H2,1-4H3/t12-,14+/m0/s1. The van der Waals surface area contributed by atoms with Gasteiger partial charge < -0.3 is 10.6 Å². The van der Waals surface area contributed by atoms with Crippen LogP contribution in [0.3, 0.4) is 0 Å². The van der Waals surface area contributed by atoms with Crippen molar-refractivity contribution in [1.29, 1.82) is 0 Å². The molecule has 0 unspecified atom stereocenters. The van der Waals surface area contributed by atoms with E-state index in [4.69, 9.17) is 0 Å². The van der Waals surface area contributed by atoms with Gasteiger partial charge in [0.15, 0.2) is 0 Å². The Balaban J connectivity index is 2.62. The first-order chi connectivity index (χ1) is 7.94. The molecule has 1 aromatic rings. The molecule has 0 aromatic heterocycles. The van der Waals surface area contributed by atoms with E-state index in [0.29, 0.717) is 12.0 Å². The largest absolute Gasteiger partial charge is 0.472 e. The van der Waals surface area contributed by atoms with Gasteiger partial charge in [0, 0.05) is 23.6 Å². The summed E-state index contributed by atoms with van der Waals surface area (Å²) in [4.78, 5) is 0. The summed E-state index contributed by atoms with van der Waals surface area (Å²) in [6.45, 7) is 9.88. The van der Waals surface area contributed by atoms with E-state index in [1.807, 2.05) is 0 Å². The quantitative estimate of drug-likeness (QED) is 0.751. The van der Waals surface area contributed by atoms with Crippen LogP contribution in [0.15, 0.2) is 30.3 Å². The van der Waals surface area contributed by atoms with Gasteiger partial charge in [-0.3, -0.25) is 0 Å². The molecule has 0 fully saturated rings. The highest BCUT2D eigenvalue weighted by Gasteiger charge is 2.20. The third-order valence-corrected chi connectivity index (χ3v) is 3.01. The maximum atomic E-state index is 3.98. The normalized spacial score (nSPS) is 15.6. The molecule has 0 aliphatic heterocycles. The summed E-state index contributed by atoms with van der Waals surface area (Å²) in [5.41, 5.74) is 1.53. The van der Waals surface area contributed by atoms with Crippen LogP contribution in [0.4, 0.5) is 0 Å². The van der Waals surface area contributed by atoms with Gasteiger partial charge in [0.05, 0.1) is 6.04 Å². The predicted octanol–water partition coefficient (Wildman–Crippen LogP) is 2.11. The Bertz CT molecular complexity index is 313. The second-order valence-electron chi connectivity index (χ2n) is 5.78. The lowest BCUT2D eigenvalue weighted by atomic mass is 9.93. The summed E-state index contributed by atoms with van der Waals surface area (Å²) in [5.74, 6) is 0.550. The predicted molar refractivity (Wildman–Crippen MR) is 73.4 cm³/mol. The minimum Gasteiger partial charge on any atom is -0.472 e. The van der Waals surface area contributed by atoms with Gasteiger partial charge in [0.1, 0.15) is 0 Å². The second kappa shape index (κ2) is 6.18. The van der Waals surface area contributed by atoms with E-state index in [2.05, 4.69) is 75.7 Å². The number of hydrogen-bond donors (Lipinski definition) is 2. The molecule has 1 rings (SSSR count). The maximum Gasteiger partial charge on any atom is 0.0914 e. The van der Waals surface area contributed by atoms with Gasteiger partial charge in [-0.15, -0.1) is 0 Å². The zero-order valence-electron chi connectivity index (χ0n) is 11.5. The van der Waals surface area contributed by atoms with Crippen LogP contribution >= 0.6 is 0 Å². The van der Waals surface area contributed by atoms with Crippen molar-refractivity contribution in [1.82, 2.24) is 5.32 Å². The van der Waals surface area contributed by atoms with Crippen LogP contribution in [0.1, 0.15) is 39.3 Å². The maximum absolute atomic E-state index is 3.98. The van der Waals surface area contributed by atoms with Crippen molar-refractivity contribution >= 4 is 0 Å². The van der Waals surface area contributed by atoms with E-state index in [9.17, 15) is 0 Å². The van der Waals surface area contributed by atoms with E-state index in [1.54, 1.807) is 0 Å². The van der Waals surface area contributed by atoms with Gasteiger partial charge in [-0.2, -0.15) is 7.05 Å². The van der Waals surface area contributed by atoms with Crippen molar-refractivity contribution in [2.75, 3.05) is 6.54 Å². The molecule has 3 N–H and O–H groups in total. The van der Waals surface area contributed by atoms with Crippen molar-refractivity contribution in [3.8, 4) is 0 Å². The van der Waals surface area contributed by atoms with Crippen LogP contribution in [-0.4, -0.2) is 12.1 Å². The monoisotopic (exact) mass is 234 g/mol. The fourth-order valence-electron chi connectivity index (χ4n) is 1.97. The van der Waals surface area contributed by atoms with Gasteiger partial charge in [0.2, 0.25) is 0 Å². The molecule has 0 spiro atoms.